The summed E-state index contributed by atoms with van der Waals surface area (Å²) >= 11 is 0. The number of ether oxygens (including phenoxy) is 5. The van der Waals surface area contributed by atoms with Gasteiger partial charge in [-0.15, -0.1) is 0 Å². The van der Waals surface area contributed by atoms with Crippen LogP contribution < -0.4 is 0 Å². The summed E-state index contributed by atoms with van der Waals surface area (Å²) in [7, 11) is 0. The van der Waals surface area contributed by atoms with Crippen LogP contribution in [0.15, 0.2) is 54.7 Å². The number of aliphatic hydroxyl groups is 1. The van der Waals surface area contributed by atoms with Gasteiger partial charge in [0.2, 0.25) is 0 Å². The lowest BCUT2D eigenvalue weighted by Gasteiger charge is -2.44. The molecule has 1 aliphatic rings. The highest BCUT2D eigenvalue weighted by molar-refractivity contribution is 5.85. The maximum atomic E-state index is 12.3. The summed E-state index contributed by atoms with van der Waals surface area (Å²) in [6.45, 7) is 6.45. The summed E-state index contributed by atoms with van der Waals surface area (Å²) < 4.78 is 30.0. The predicted molar refractivity (Wildman–Crippen MR) is 149 cm³/mol. The van der Waals surface area contributed by atoms with Crippen molar-refractivity contribution in [1.82, 2.24) is 4.57 Å². The lowest BCUT2D eigenvalue weighted by Crippen LogP contribution is -2.60. The third kappa shape index (κ3) is 6.80. The number of nitrogens with zero attached hydrogens (tertiary/aromatic N) is 1. The summed E-state index contributed by atoms with van der Waals surface area (Å²) in [5.41, 5.74) is 2.99. The van der Waals surface area contributed by atoms with Crippen LogP contribution in [-0.4, -0.2) is 64.6 Å². The Hall–Kier alpha value is -4.22. The second-order valence-corrected chi connectivity index (χ2v) is 10.1. The Bertz CT molecular complexity index is 1450. The number of rotatable bonds is 9. The molecule has 1 aliphatic heterocycles. The number of esters is 4. The average Bonchev–Trinajstić information content (AvgIpc) is 3.32. The normalized spacial score (nSPS) is 22.7. The van der Waals surface area contributed by atoms with E-state index < -0.39 is 60.6 Å². The van der Waals surface area contributed by atoms with Crippen LogP contribution in [0.1, 0.15) is 63.6 Å². The monoisotopic (exact) mass is 581 g/mol. The molecule has 1 aromatic heterocycles. The average molecular weight is 582 g/mol. The zero-order valence-corrected chi connectivity index (χ0v) is 24.1. The first kappa shape index (κ1) is 30.7. The van der Waals surface area contributed by atoms with Crippen molar-refractivity contribution < 1.29 is 48.0 Å². The van der Waals surface area contributed by atoms with Crippen molar-refractivity contribution >= 4 is 34.8 Å². The lowest BCUT2D eigenvalue weighted by molar-refractivity contribution is -0.267. The van der Waals surface area contributed by atoms with E-state index in [0.717, 1.165) is 12.0 Å². The molecule has 11 heteroatoms. The molecule has 0 radical (unpaired) electrons. The van der Waals surface area contributed by atoms with Gasteiger partial charge in [-0.05, 0) is 23.6 Å². The summed E-state index contributed by atoms with van der Waals surface area (Å²) in [5, 5.41) is 12.2. The van der Waals surface area contributed by atoms with E-state index in [0.29, 0.717) is 22.0 Å². The van der Waals surface area contributed by atoms with Crippen molar-refractivity contribution in [1.29, 1.82) is 0 Å². The molecule has 42 heavy (non-hydrogen) atoms. The largest absolute Gasteiger partial charge is 0.463 e. The van der Waals surface area contributed by atoms with Gasteiger partial charge in [0.25, 0.3) is 0 Å². The first-order chi connectivity index (χ1) is 20.0. The first-order valence-corrected chi connectivity index (χ1v) is 13.7. The summed E-state index contributed by atoms with van der Waals surface area (Å²) in [6.07, 6.45) is -4.57. The minimum absolute atomic E-state index is 0.340. The van der Waals surface area contributed by atoms with Crippen LogP contribution in [0.25, 0.3) is 10.9 Å². The fraction of sp³-hybridized carbons (Fsp3) is 0.419. The highest BCUT2D eigenvalue weighted by atomic mass is 16.7. The molecular formula is C31H35NO10. The van der Waals surface area contributed by atoms with E-state index >= 15 is 0 Å². The van der Waals surface area contributed by atoms with Gasteiger partial charge in [0, 0.05) is 44.8 Å². The van der Waals surface area contributed by atoms with Crippen LogP contribution in [0.4, 0.5) is 0 Å². The Morgan fingerprint density at radius 3 is 2.02 bits per heavy atom. The van der Waals surface area contributed by atoms with Gasteiger partial charge in [0.05, 0.1) is 5.52 Å². The molecule has 1 fully saturated rings. The van der Waals surface area contributed by atoms with Crippen LogP contribution in [0.2, 0.25) is 0 Å². The van der Waals surface area contributed by atoms with E-state index in [-0.39, 0.29) is 6.61 Å². The zero-order valence-electron chi connectivity index (χ0n) is 24.1. The molecule has 4 rings (SSSR count). The summed E-state index contributed by atoms with van der Waals surface area (Å²) in [4.78, 5) is 48.3. The first-order valence-electron chi connectivity index (χ1n) is 13.7. The van der Waals surface area contributed by atoms with Gasteiger partial charge in [-0.25, -0.2) is 0 Å². The van der Waals surface area contributed by atoms with Gasteiger partial charge in [0.1, 0.15) is 18.8 Å². The Morgan fingerprint density at radius 2 is 1.43 bits per heavy atom. The van der Waals surface area contributed by atoms with Crippen LogP contribution in [0.3, 0.4) is 0 Å². The third-order valence-electron chi connectivity index (χ3n) is 7.01. The van der Waals surface area contributed by atoms with Crippen molar-refractivity contribution in [3.8, 4) is 0 Å². The Labute approximate surface area is 243 Å². The Morgan fingerprint density at radius 1 is 0.833 bits per heavy atom. The van der Waals surface area contributed by atoms with Gasteiger partial charge in [-0.2, -0.15) is 0 Å². The zero-order chi connectivity index (χ0) is 30.6. The quantitative estimate of drug-likeness (QED) is 0.295. The minimum Gasteiger partial charge on any atom is -0.463 e. The van der Waals surface area contributed by atoms with E-state index in [1.165, 1.54) is 27.7 Å². The SMILES string of the molecule is CCc1ccc(C(O)c2cn(C3O[C@H](COC(C)=O)[C@@H](OC(C)=O)[C@H](OC(C)=O)[C@H]3OC(C)=O)c3ccccc23)cc1. The second-order valence-electron chi connectivity index (χ2n) is 10.1. The van der Waals surface area contributed by atoms with Gasteiger partial charge >= 0.3 is 23.9 Å². The number of benzene rings is 2. The lowest BCUT2D eigenvalue weighted by atomic mass is 9.97. The Kier molecular flexibility index (Phi) is 9.64. The topological polar surface area (TPSA) is 140 Å². The van der Waals surface area contributed by atoms with Crippen molar-refractivity contribution in [2.75, 3.05) is 6.61 Å². The molecule has 224 valence electrons. The number of carbonyl (C=O) groups is 4. The molecule has 0 saturated carbocycles. The highest BCUT2D eigenvalue weighted by Crippen LogP contribution is 2.39. The number of carbonyl (C=O) groups excluding carboxylic acids is 4. The van der Waals surface area contributed by atoms with Gasteiger partial charge in [0.15, 0.2) is 24.5 Å². The standard InChI is InChI=1S/C31H35NO10/c1-6-21-11-13-22(14-12-21)27(37)24-15-32(25-10-8-7-9-23(24)25)31-30(41-20(5)36)29(40-19(4)35)28(39-18(3)34)26(42-31)16-38-17(2)33/h7-15,26-31,37H,6,16H2,1-5H3/t26-,27?,28-,29+,30-,31?/m1/s1. The molecule has 0 aliphatic carbocycles. The van der Waals surface area contributed by atoms with E-state index in [1.807, 2.05) is 43.3 Å². The Balaban J connectivity index is 1.86. The van der Waals surface area contributed by atoms with Crippen LogP contribution in [-0.2, 0) is 49.3 Å². The fourth-order valence-electron chi connectivity index (χ4n) is 5.20. The summed E-state index contributed by atoms with van der Waals surface area (Å²) in [5.74, 6) is -2.73. The van der Waals surface area contributed by atoms with Crippen LogP contribution >= 0.6 is 0 Å². The number of para-hydroxylation sites is 1. The van der Waals surface area contributed by atoms with Crippen molar-refractivity contribution in [3.63, 3.8) is 0 Å². The third-order valence-corrected chi connectivity index (χ3v) is 7.01. The molecule has 11 nitrogen and oxygen atoms in total. The van der Waals surface area contributed by atoms with Crippen molar-refractivity contribution in [3.05, 3.63) is 71.4 Å². The van der Waals surface area contributed by atoms with Crippen LogP contribution in [0, 0.1) is 0 Å². The molecule has 3 aromatic rings. The molecule has 0 spiro atoms. The number of aliphatic hydroxyl groups excluding tert-OH is 1. The second kappa shape index (κ2) is 13.2. The molecular weight excluding hydrogens is 546 g/mol. The van der Waals surface area contributed by atoms with E-state index in [9.17, 15) is 24.3 Å². The smallest absolute Gasteiger partial charge is 0.303 e. The van der Waals surface area contributed by atoms with Gasteiger partial charge in [-0.3, -0.25) is 19.2 Å². The molecule has 2 unspecified atom stereocenters. The predicted octanol–water partition coefficient (Wildman–Crippen LogP) is 3.54. The number of hydrogen-bond acceptors (Lipinski definition) is 10. The molecule has 0 amide bonds. The summed E-state index contributed by atoms with van der Waals surface area (Å²) in [6, 6.07) is 14.9. The van der Waals surface area contributed by atoms with E-state index in [4.69, 9.17) is 23.7 Å². The fourth-order valence-corrected chi connectivity index (χ4v) is 5.20. The number of hydrogen-bond donors (Lipinski definition) is 1. The van der Waals surface area contributed by atoms with Crippen LogP contribution in [0.5, 0.6) is 0 Å². The van der Waals surface area contributed by atoms with E-state index in [2.05, 4.69) is 0 Å². The highest BCUT2D eigenvalue weighted by Gasteiger charge is 2.53. The maximum absolute atomic E-state index is 12.3. The number of aromatic nitrogens is 1. The number of fused-ring (bicyclic) bond motifs is 1. The molecule has 2 heterocycles. The molecule has 1 N–H and O–H groups in total. The maximum Gasteiger partial charge on any atom is 0.303 e. The van der Waals surface area contributed by atoms with E-state index in [1.54, 1.807) is 22.9 Å². The molecule has 6 atom stereocenters. The van der Waals surface area contributed by atoms with Crippen molar-refractivity contribution in [2.45, 2.75) is 77.8 Å². The molecule has 2 aromatic carbocycles. The van der Waals surface area contributed by atoms with Gasteiger partial charge in [-0.1, -0.05) is 49.4 Å². The minimum atomic E-state index is -1.31. The van der Waals surface area contributed by atoms with Crippen molar-refractivity contribution in [2.24, 2.45) is 0 Å². The molecule has 0 bridgehead atoms. The molecule has 1 saturated heterocycles. The number of aryl methyl sites for hydroxylation is 1. The van der Waals surface area contributed by atoms with Gasteiger partial charge < -0.3 is 33.4 Å².